The van der Waals surface area contributed by atoms with Crippen LogP contribution in [-0.4, -0.2) is 30.9 Å². The normalized spacial score (nSPS) is 15.6. The number of aliphatic hydroxyl groups excluding tert-OH is 1. The van der Waals surface area contributed by atoms with Crippen LogP contribution in [0.5, 0.6) is 5.75 Å². The van der Waals surface area contributed by atoms with E-state index in [4.69, 9.17) is 9.15 Å². The number of nitrogens with one attached hydrogen (secondary N) is 1. The summed E-state index contributed by atoms with van der Waals surface area (Å²) in [5.74, 6) is 1.95. The number of fused-ring (bicyclic) bond motifs is 3. The van der Waals surface area contributed by atoms with Gasteiger partial charge in [-0.2, -0.15) is 0 Å². The summed E-state index contributed by atoms with van der Waals surface area (Å²) in [6.07, 6.45) is 6.39. The molecule has 4 nitrogen and oxygen atoms in total. The SMILES string of the molecule is CCCCNCC(O)COc1ccc2oc3c(c2c1)CCCC3. The van der Waals surface area contributed by atoms with Crippen molar-refractivity contribution in [3.8, 4) is 5.75 Å². The van der Waals surface area contributed by atoms with E-state index in [9.17, 15) is 5.11 Å². The molecular formula is C19H27NO3. The number of aryl methyl sites for hydroxylation is 2. The predicted molar refractivity (Wildman–Crippen MR) is 92.1 cm³/mol. The molecule has 1 heterocycles. The van der Waals surface area contributed by atoms with Crippen LogP contribution in [-0.2, 0) is 12.8 Å². The van der Waals surface area contributed by atoms with Gasteiger partial charge in [-0.3, -0.25) is 0 Å². The highest BCUT2D eigenvalue weighted by Gasteiger charge is 2.18. The Morgan fingerprint density at radius 3 is 3.04 bits per heavy atom. The van der Waals surface area contributed by atoms with Gasteiger partial charge in [0.05, 0.1) is 0 Å². The lowest BCUT2D eigenvalue weighted by Crippen LogP contribution is -2.31. The number of aliphatic hydroxyl groups is 1. The Kier molecular flexibility index (Phi) is 5.57. The topological polar surface area (TPSA) is 54.6 Å². The van der Waals surface area contributed by atoms with Gasteiger partial charge in [0.15, 0.2) is 0 Å². The van der Waals surface area contributed by atoms with Crippen molar-refractivity contribution in [2.45, 2.75) is 51.6 Å². The van der Waals surface area contributed by atoms with Gasteiger partial charge in [-0.05, 0) is 50.4 Å². The highest BCUT2D eigenvalue weighted by molar-refractivity contribution is 5.84. The van der Waals surface area contributed by atoms with Crippen molar-refractivity contribution >= 4 is 11.0 Å². The lowest BCUT2D eigenvalue weighted by molar-refractivity contribution is 0.106. The van der Waals surface area contributed by atoms with Gasteiger partial charge in [-0.1, -0.05) is 13.3 Å². The predicted octanol–water partition coefficient (Wildman–Crippen LogP) is 3.44. The molecule has 3 rings (SSSR count). The minimum absolute atomic E-state index is 0.310. The fourth-order valence-electron chi connectivity index (χ4n) is 3.15. The van der Waals surface area contributed by atoms with Crippen molar-refractivity contribution in [3.05, 3.63) is 29.5 Å². The number of benzene rings is 1. The summed E-state index contributed by atoms with van der Waals surface area (Å²) >= 11 is 0. The third-order valence-corrected chi connectivity index (χ3v) is 4.46. The Labute approximate surface area is 137 Å². The lowest BCUT2D eigenvalue weighted by Gasteiger charge is -2.13. The number of hydrogen-bond acceptors (Lipinski definition) is 4. The van der Waals surface area contributed by atoms with E-state index in [0.717, 1.165) is 49.3 Å². The van der Waals surface area contributed by atoms with Crippen LogP contribution >= 0.6 is 0 Å². The molecule has 0 radical (unpaired) electrons. The van der Waals surface area contributed by atoms with Gasteiger partial charge >= 0.3 is 0 Å². The standard InChI is InChI=1S/C19H27NO3/c1-2-3-10-20-12-14(21)13-22-15-8-9-19-17(11-15)16-6-4-5-7-18(16)23-19/h8-9,11,14,20-21H,2-7,10,12-13H2,1H3. The van der Waals surface area contributed by atoms with Gasteiger partial charge in [0.2, 0.25) is 0 Å². The molecule has 2 N–H and O–H groups in total. The van der Waals surface area contributed by atoms with Crippen LogP contribution in [0, 0.1) is 0 Å². The smallest absolute Gasteiger partial charge is 0.134 e. The van der Waals surface area contributed by atoms with E-state index in [1.807, 2.05) is 12.1 Å². The molecule has 1 aromatic carbocycles. The van der Waals surface area contributed by atoms with Crippen molar-refractivity contribution in [2.24, 2.45) is 0 Å². The lowest BCUT2D eigenvalue weighted by atomic mass is 9.96. The zero-order chi connectivity index (χ0) is 16.1. The van der Waals surface area contributed by atoms with Crippen LogP contribution in [0.2, 0.25) is 0 Å². The molecule has 0 fully saturated rings. The average molecular weight is 317 g/mol. The van der Waals surface area contributed by atoms with E-state index in [1.54, 1.807) is 0 Å². The number of rotatable bonds is 8. The summed E-state index contributed by atoms with van der Waals surface area (Å²) in [4.78, 5) is 0. The third kappa shape index (κ3) is 4.06. The number of hydrogen-bond donors (Lipinski definition) is 2. The number of ether oxygens (including phenoxy) is 1. The first-order valence-corrected chi connectivity index (χ1v) is 8.84. The molecule has 0 aliphatic heterocycles. The quantitative estimate of drug-likeness (QED) is 0.732. The zero-order valence-corrected chi connectivity index (χ0v) is 13.9. The first-order valence-electron chi connectivity index (χ1n) is 8.84. The highest BCUT2D eigenvalue weighted by atomic mass is 16.5. The summed E-state index contributed by atoms with van der Waals surface area (Å²) in [5, 5.41) is 14.4. The molecule has 0 saturated heterocycles. The largest absolute Gasteiger partial charge is 0.491 e. The molecule has 1 unspecified atom stereocenters. The fourth-order valence-corrected chi connectivity index (χ4v) is 3.15. The van der Waals surface area contributed by atoms with Crippen LogP contribution in [0.1, 0.15) is 43.9 Å². The molecule has 1 aliphatic rings. The Balaban J connectivity index is 1.58. The minimum Gasteiger partial charge on any atom is -0.491 e. The summed E-state index contributed by atoms with van der Waals surface area (Å²) < 4.78 is 11.7. The van der Waals surface area contributed by atoms with E-state index in [1.165, 1.54) is 23.8 Å². The van der Waals surface area contributed by atoms with Crippen LogP contribution in [0.3, 0.4) is 0 Å². The average Bonchev–Trinajstić information content (AvgIpc) is 2.95. The Hall–Kier alpha value is -1.52. The second kappa shape index (κ2) is 7.84. The molecule has 2 aromatic rings. The van der Waals surface area contributed by atoms with Crippen molar-refractivity contribution in [2.75, 3.05) is 19.7 Å². The third-order valence-electron chi connectivity index (χ3n) is 4.46. The summed E-state index contributed by atoms with van der Waals surface area (Å²) in [6, 6.07) is 5.96. The maximum Gasteiger partial charge on any atom is 0.134 e. The molecule has 4 heteroatoms. The number of unbranched alkanes of at least 4 members (excludes halogenated alkanes) is 1. The van der Waals surface area contributed by atoms with E-state index in [2.05, 4.69) is 18.3 Å². The molecule has 1 aromatic heterocycles. The molecule has 0 saturated carbocycles. The minimum atomic E-state index is -0.485. The summed E-state index contributed by atoms with van der Waals surface area (Å²) in [7, 11) is 0. The van der Waals surface area contributed by atoms with Crippen molar-refractivity contribution < 1.29 is 14.3 Å². The first kappa shape index (κ1) is 16.3. The molecule has 0 bridgehead atoms. The van der Waals surface area contributed by atoms with E-state index in [-0.39, 0.29) is 0 Å². The highest BCUT2D eigenvalue weighted by Crippen LogP contribution is 2.33. The Morgan fingerprint density at radius 2 is 2.17 bits per heavy atom. The summed E-state index contributed by atoms with van der Waals surface area (Å²) in [6.45, 7) is 3.99. The van der Waals surface area contributed by atoms with Crippen molar-refractivity contribution in [1.29, 1.82) is 0 Å². The van der Waals surface area contributed by atoms with Crippen LogP contribution in [0.15, 0.2) is 22.6 Å². The maximum absolute atomic E-state index is 9.97. The zero-order valence-electron chi connectivity index (χ0n) is 13.9. The first-order chi connectivity index (χ1) is 11.3. The van der Waals surface area contributed by atoms with Crippen LogP contribution < -0.4 is 10.1 Å². The molecule has 23 heavy (non-hydrogen) atoms. The van der Waals surface area contributed by atoms with Gasteiger partial charge in [-0.15, -0.1) is 0 Å². The molecule has 0 spiro atoms. The van der Waals surface area contributed by atoms with Crippen molar-refractivity contribution in [1.82, 2.24) is 5.32 Å². The van der Waals surface area contributed by atoms with E-state index in [0.29, 0.717) is 13.2 Å². The molecule has 1 atom stereocenters. The van der Waals surface area contributed by atoms with Gasteiger partial charge in [-0.25, -0.2) is 0 Å². The van der Waals surface area contributed by atoms with Gasteiger partial charge in [0.25, 0.3) is 0 Å². The molecular weight excluding hydrogens is 290 g/mol. The molecule has 1 aliphatic carbocycles. The Bertz CT molecular complexity index is 635. The monoisotopic (exact) mass is 317 g/mol. The van der Waals surface area contributed by atoms with Gasteiger partial charge in [0, 0.05) is 23.9 Å². The summed E-state index contributed by atoms with van der Waals surface area (Å²) in [5.41, 5.74) is 2.30. The van der Waals surface area contributed by atoms with Crippen LogP contribution in [0.4, 0.5) is 0 Å². The fraction of sp³-hybridized carbons (Fsp3) is 0.579. The second-order valence-electron chi connectivity index (χ2n) is 6.39. The second-order valence-corrected chi connectivity index (χ2v) is 6.39. The van der Waals surface area contributed by atoms with Gasteiger partial charge < -0.3 is 19.6 Å². The molecule has 126 valence electrons. The van der Waals surface area contributed by atoms with E-state index < -0.39 is 6.10 Å². The van der Waals surface area contributed by atoms with Gasteiger partial charge in [0.1, 0.15) is 29.8 Å². The maximum atomic E-state index is 9.97. The van der Waals surface area contributed by atoms with Crippen molar-refractivity contribution in [3.63, 3.8) is 0 Å². The number of furan rings is 1. The van der Waals surface area contributed by atoms with E-state index >= 15 is 0 Å². The molecule has 0 amide bonds. The Morgan fingerprint density at radius 1 is 1.30 bits per heavy atom. The van der Waals surface area contributed by atoms with Crippen LogP contribution in [0.25, 0.3) is 11.0 Å².